The van der Waals surface area contributed by atoms with Crippen LogP contribution in [0.2, 0.25) is 0 Å². The van der Waals surface area contributed by atoms with Crippen molar-refractivity contribution in [3.8, 4) is 0 Å². The quantitative estimate of drug-likeness (QED) is 0.616. The second-order valence-electron chi connectivity index (χ2n) is 2.64. The largest absolute Gasteiger partial charge is 0.393 e. The molecule has 0 rings (SSSR count). The lowest BCUT2D eigenvalue weighted by atomic mass is 10.1. The lowest BCUT2D eigenvalue weighted by Gasteiger charge is -2.21. The standard InChI is InChI=1S/C7H15O2/c1-4-5-9-7(2,3)6-8/h4,8H,5-6H2,1-3H3. The van der Waals surface area contributed by atoms with Crippen molar-refractivity contribution in [3.63, 3.8) is 0 Å². The molecule has 1 radical (unpaired) electrons. The van der Waals surface area contributed by atoms with E-state index in [0.717, 1.165) is 0 Å². The minimum atomic E-state index is -0.382. The van der Waals surface area contributed by atoms with Gasteiger partial charge in [-0.05, 0) is 20.3 Å². The molecule has 0 aliphatic heterocycles. The molecule has 1 N–H and O–H groups in total. The van der Waals surface area contributed by atoms with Gasteiger partial charge >= 0.3 is 0 Å². The molecule has 0 heterocycles. The highest BCUT2D eigenvalue weighted by Gasteiger charge is 2.15. The van der Waals surface area contributed by atoms with Crippen molar-refractivity contribution >= 4 is 0 Å². The maximum atomic E-state index is 8.68. The molecule has 0 aliphatic rings. The highest BCUT2D eigenvalue weighted by molar-refractivity contribution is 4.67. The van der Waals surface area contributed by atoms with Gasteiger partial charge in [0.25, 0.3) is 0 Å². The zero-order valence-corrected chi connectivity index (χ0v) is 6.35. The van der Waals surface area contributed by atoms with Crippen molar-refractivity contribution in [2.75, 3.05) is 13.2 Å². The monoisotopic (exact) mass is 131 g/mol. The maximum Gasteiger partial charge on any atom is 0.0856 e. The van der Waals surface area contributed by atoms with Gasteiger partial charge in [0.15, 0.2) is 0 Å². The van der Waals surface area contributed by atoms with Crippen LogP contribution in [0.3, 0.4) is 0 Å². The molecule has 9 heavy (non-hydrogen) atoms. The smallest absolute Gasteiger partial charge is 0.0856 e. The highest BCUT2D eigenvalue weighted by Crippen LogP contribution is 2.06. The molecule has 0 saturated carbocycles. The van der Waals surface area contributed by atoms with Gasteiger partial charge in [-0.2, -0.15) is 0 Å². The Morgan fingerprint density at radius 1 is 1.56 bits per heavy atom. The van der Waals surface area contributed by atoms with E-state index in [1.807, 2.05) is 27.2 Å². The van der Waals surface area contributed by atoms with Crippen LogP contribution < -0.4 is 0 Å². The molecule has 0 aliphatic carbocycles. The van der Waals surface area contributed by atoms with Crippen molar-refractivity contribution < 1.29 is 9.84 Å². The van der Waals surface area contributed by atoms with E-state index < -0.39 is 0 Å². The van der Waals surface area contributed by atoms with Crippen LogP contribution >= 0.6 is 0 Å². The minimum absolute atomic E-state index is 0.0703. The SMILES string of the molecule is C[CH]COC(C)(C)CO. The van der Waals surface area contributed by atoms with Crippen molar-refractivity contribution in [1.82, 2.24) is 0 Å². The van der Waals surface area contributed by atoms with E-state index in [4.69, 9.17) is 9.84 Å². The first kappa shape index (κ1) is 8.92. The Labute approximate surface area is 56.8 Å². The third-order valence-electron chi connectivity index (χ3n) is 1.02. The third-order valence-corrected chi connectivity index (χ3v) is 1.02. The fourth-order valence-corrected chi connectivity index (χ4v) is 0.355. The number of aliphatic hydroxyl groups is 1. The van der Waals surface area contributed by atoms with Crippen LogP contribution in [0.25, 0.3) is 0 Å². The molecule has 0 bridgehead atoms. The molecule has 0 aromatic heterocycles. The van der Waals surface area contributed by atoms with Gasteiger partial charge in [0.1, 0.15) is 0 Å². The normalized spacial score (nSPS) is 12.0. The Morgan fingerprint density at radius 2 is 2.11 bits per heavy atom. The number of hydrogen-bond donors (Lipinski definition) is 1. The van der Waals surface area contributed by atoms with Crippen molar-refractivity contribution in [1.29, 1.82) is 0 Å². The second-order valence-corrected chi connectivity index (χ2v) is 2.64. The van der Waals surface area contributed by atoms with Gasteiger partial charge in [0.05, 0.1) is 18.8 Å². The van der Waals surface area contributed by atoms with E-state index in [1.165, 1.54) is 0 Å². The maximum absolute atomic E-state index is 8.68. The van der Waals surface area contributed by atoms with Crippen molar-refractivity contribution in [3.05, 3.63) is 6.42 Å². The van der Waals surface area contributed by atoms with Crippen LogP contribution in [-0.2, 0) is 4.74 Å². The average molecular weight is 131 g/mol. The summed E-state index contributed by atoms with van der Waals surface area (Å²) in [7, 11) is 0. The van der Waals surface area contributed by atoms with E-state index in [0.29, 0.717) is 6.61 Å². The van der Waals surface area contributed by atoms with Gasteiger partial charge in [0.2, 0.25) is 0 Å². The molecule has 2 nitrogen and oxygen atoms in total. The Bertz CT molecular complexity index is 69.3. The van der Waals surface area contributed by atoms with E-state index >= 15 is 0 Å². The molecular formula is C7H15O2. The summed E-state index contributed by atoms with van der Waals surface area (Å²) in [6, 6.07) is 0. The average Bonchev–Trinajstić information content (AvgIpc) is 1.84. The van der Waals surface area contributed by atoms with Crippen LogP contribution in [0.15, 0.2) is 0 Å². The first-order valence-electron chi connectivity index (χ1n) is 3.15. The minimum Gasteiger partial charge on any atom is -0.393 e. The molecular weight excluding hydrogens is 116 g/mol. The molecule has 0 unspecified atom stereocenters. The van der Waals surface area contributed by atoms with Crippen molar-refractivity contribution in [2.45, 2.75) is 26.4 Å². The van der Waals surface area contributed by atoms with Gasteiger partial charge in [-0.15, -0.1) is 0 Å². The van der Waals surface area contributed by atoms with Gasteiger partial charge < -0.3 is 9.84 Å². The fraction of sp³-hybridized carbons (Fsp3) is 0.857. The summed E-state index contributed by atoms with van der Waals surface area (Å²) in [4.78, 5) is 0. The summed E-state index contributed by atoms with van der Waals surface area (Å²) in [5, 5.41) is 8.68. The Kier molecular flexibility index (Phi) is 3.82. The molecule has 0 aromatic rings. The summed E-state index contributed by atoms with van der Waals surface area (Å²) in [6.07, 6.45) is 1.91. The summed E-state index contributed by atoms with van der Waals surface area (Å²) < 4.78 is 5.22. The second kappa shape index (κ2) is 3.85. The zero-order valence-electron chi connectivity index (χ0n) is 6.35. The van der Waals surface area contributed by atoms with E-state index in [2.05, 4.69) is 0 Å². The topological polar surface area (TPSA) is 29.5 Å². The molecule has 0 spiro atoms. The van der Waals surface area contributed by atoms with Gasteiger partial charge in [-0.1, -0.05) is 6.92 Å². The Hall–Kier alpha value is -0.0800. The number of aliphatic hydroxyl groups excluding tert-OH is 1. The summed E-state index contributed by atoms with van der Waals surface area (Å²) in [5.41, 5.74) is -0.382. The van der Waals surface area contributed by atoms with Crippen molar-refractivity contribution in [2.24, 2.45) is 0 Å². The summed E-state index contributed by atoms with van der Waals surface area (Å²) in [6.45, 7) is 6.31. The van der Waals surface area contributed by atoms with E-state index in [9.17, 15) is 0 Å². The van der Waals surface area contributed by atoms with Crippen LogP contribution in [0.5, 0.6) is 0 Å². The molecule has 0 aromatic carbocycles. The first-order valence-corrected chi connectivity index (χ1v) is 3.15. The lowest BCUT2D eigenvalue weighted by molar-refractivity contribution is -0.0442. The third kappa shape index (κ3) is 4.43. The van der Waals surface area contributed by atoms with Crippen LogP contribution in [0.1, 0.15) is 20.8 Å². The number of rotatable bonds is 4. The van der Waals surface area contributed by atoms with Gasteiger partial charge in [0, 0.05) is 0 Å². The van der Waals surface area contributed by atoms with Crippen LogP contribution in [0, 0.1) is 6.42 Å². The molecule has 0 saturated heterocycles. The lowest BCUT2D eigenvalue weighted by Crippen LogP contribution is -2.29. The summed E-state index contributed by atoms with van der Waals surface area (Å²) >= 11 is 0. The molecule has 0 atom stereocenters. The van der Waals surface area contributed by atoms with Gasteiger partial charge in [-0.25, -0.2) is 0 Å². The van der Waals surface area contributed by atoms with E-state index in [1.54, 1.807) is 0 Å². The van der Waals surface area contributed by atoms with Crippen LogP contribution in [-0.4, -0.2) is 23.9 Å². The number of hydrogen-bond acceptors (Lipinski definition) is 2. The molecule has 55 valence electrons. The number of ether oxygens (including phenoxy) is 1. The van der Waals surface area contributed by atoms with Gasteiger partial charge in [-0.3, -0.25) is 0 Å². The Balaban J connectivity index is 3.33. The molecule has 0 fully saturated rings. The zero-order chi connectivity index (χ0) is 7.33. The highest BCUT2D eigenvalue weighted by atomic mass is 16.5. The van der Waals surface area contributed by atoms with Crippen LogP contribution in [0.4, 0.5) is 0 Å². The predicted molar refractivity (Wildman–Crippen MR) is 37.1 cm³/mol. The fourth-order valence-electron chi connectivity index (χ4n) is 0.355. The molecule has 0 amide bonds. The first-order chi connectivity index (χ1) is 4.12. The Morgan fingerprint density at radius 3 is 2.44 bits per heavy atom. The predicted octanol–water partition coefficient (Wildman–Crippen LogP) is 0.998. The molecule has 2 heteroatoms. The van der Waals surface area contributed by atoms with E-state index in [-0.39, 0.29) is 12.2 Å². The summed E-state index contributed by atoms with van der Waals surface area (Å²) in [5.74, 6) is 0.